The minimum absolute atomic E-state index is 0.0542. The number of benzene rings is 2. The van der Waals surface area contributed by atoms with E-state index in [1.54, 1.807) is 31.2 Å². The van der Waals surface area contributed by atoms with Gasteiger partial charge in [-0.25, -0.2) is 17.9 Å². The van der Waals surface area contributed by atoms with Crippen LogP contribution in [-0.4, -0.2) is 25.8 Å². The number of nitrogens with one attached hydrogen (secondary N) is 1. The summed E-state index contributed by atoms with van der Waals surface area (Å²) in [5, 5.41) is 9.23. The highest BCUT2D eigenvalue weighted by molar-refractivity contribution is 7.89. The molecule has 2 aromatic carbocycles. The van der Waals surface area contributed by atoms with Gasteiger partial charge in [0.1, 0.15) is 0 Å². The zero-order chi connectivity index (χ0) is 18.2. The van der Waals surface area contributed by atoms with E-state index in [0.29, 0.717) is 16.3 Å². The van der Waals surface area contributed by atoms with Gasteiger partial charge in [0, 0.05) is 11.1 Å². The lowest BCUT2D eigenvalue weighted by atomic mass is 10.1. The topological polar surface area (TPSA) is 102 Å². The highest BCUT2D eigenvalue weighted by Crippen LogP contribution is 2.37. The quantitative estimate of drug-likeness (QED) is 0.822. The molecule has 0 amide bonds. The molecule has 132 valence electrons. The summed E-state index contributed by atoms with van der Waals surface area (Å²) >= 11 is 5.84. The van der Waals surface area contributed by atoms with Crippen molar-refractivity contribution >= 4 is 27.6 Å². The van der Waals surface area contributed by atoms with Gasteiger partial charge < -0.3 is 14.6 Å². The fourth-order valence-corrected chi connectivity index (χ4v) is 3.87. The predicted molar refractivity (Wildman–Crippen MR) is 89.3 cm³/mol. The molecule has 0 aliphatic carbocycles. The van der Waals surface area contributed by atoms with Crippen LogP contribution in [0.15, 0.2) is 47.4 Å². The van der Waals surface area contributed by atoms with Gasteiger partial charge in [0.2, 0.25) is 10.0 Å². The highest BCUT2D eigenvalue weighted by Gasteiger charge is 2.31. The summed E-state index contributed by atoms with van der Waals surface area (Å²) in [7, 11) is -3.77. The van der Waals surface area contributed by atoms with Crippen molar-refractivity contribution in [3.63, 3.8) is 0 Å². The van der Waals surface area contributed by atoms with Crippen LogP contribution in [0, 0.1) is 0 Å². The zero-order valence-corrected chi connectivity index (χ0v) is 14.5. The van der Waals surface area contributed by atoms with Gasteiger partial charge in [-0.1, -0.05) is 23.7 Å². The first-order chi connectivity index (χ1) is 11.8. The Morgan fingerprint density at radius 1 is 1.20 bits per heavy atom. The second-order valence-electron chi connectivity index (χ2n) is 5.41. The first-order valence-electron chi connectivity index (χ1n) is 7.24. The monoisotopic (exact) mass is 383 g/mol. The average molecular weight is 384 g/mol. The van der Waals surface area contributed by atoms with E-state index in [1.165, 1.54) is 18.2 Å². The Kier molecular flexibility index (Phi) is 4.59. The fraction of sp³-hybridized carbons (Fsp3) is 0.188. The Morgan fingerprint density at radius 2 is 1.92 bits per heavy atom. The molecular formula is C16H14ClNO6S. The molecule has 0 radical (unpaired) electrons. The third-order valence-corrected chi connectivity index (χ3v) is 5.35. The van der Waals surface area contributed by atoms with Crippen molar-refractivity contribution in [2.45, 2.75) is 24.2 Å². The minimum Gasteiger partial charge on any atom is -0.476 e. The third-order valence-electron chi connectivity index (χ3n) is 3.58. The number of aliphatic carboxylic acids is 1. The van der Waals surface area contributed by atoms with E-state index in [9.17, 15) is 13.2 Å². The first-order valence-corrected chi connectivity index (χ1v) is 9.10. The Labute approximate surface area is 149 Å². The van der Waals surface area contributed by atoms with Crippen molar-refractivity contribution in [2.24, 2.45) is 0 Å². The van der Waals surface area contributed by atoms with Crippen molar-refractivity contribution in [3.8, 4) is 11.5 Å². The molecule has 0 saturated carbocycles. The maximum Gasteiger partial charge on any atom is 0.387 e. The highest BCUT2D eigenvalue weighted by atomic mass is 35.5. The Balaban J connectivity index is 1.80. The van der Waals surface area contributed by atoms with Crippen LogP contribution in [0.1, 0.15) is 18.5 Å². The molecule has 0 aromatic heterocycles. The SMILES string of the molecule is CC(NS(=O)(=O)c1cccc(Cl)c1)c1ccc2c(c1)OC(C(=O)O)O2. The normalized spacial score (nSPS) is 17.3. The molecule has 0 fully saturated rings. The van der Waals surface area contributed by atoms with Gasteiger partial charge in [-0.2, -0.15) is 0 Å². The van der Waals surface area contributed by atoms with Gasteiger partial charge >= 0.3 is 12.3 Å². The largest absolute Gasteiger partial charge is 0.476 e. The van der Waals surface area contributed by atoms with Crippen molar-refractivity contribution in [3.05, 3.63) is 53.1 Å². The smallest absolute Gasteiger partial charge is 0.387 e. The Bertz CT molecular complexity index is 930. The second kappa shape index (κ2) is 6.55. The summed E-state index contributed by atoms with van der Waals surface area (Å²) in [4.78, 5) is 11.0. The predicted octanol–water partition coefficient (Wildman–Crippen LogP) is 2.56. The number of rotatable bonds is 5. The van der Waals surface area contributed by atoms with Gasteiger partial charge in [0.15, 0.2) is 11.5 Å². The molecule has 0 saturated heterocycles. The van der Waals surface area contributed by atoms with Crippen LogP contribution >= 0.6 is 11.6 Å². The van der Waals surface area contributed by atoms with Crippen LogP contribution in [0.25, 0.3) is 0 Å². The van der Waals surface area contributed by atoms with Gasteiger partial charge in [-0.3, -0.25) is 0 Å². The van der Waals surface area contributed by atoms with Crippen molar-refractivity contribution in [1.29, 1.82) is 0 Å². The number of carboxylic acid groups (broad SMARTS) is 1. The number of hydrogen-bond acceptors (Lipinski definition) is 5. The van der Waals surface area contributed by atoms with E-state index in [4.69, 9.17) is 26.2 Å². The standard InChI is InChI=1S/C16H14ClNO6S/c1-9(18-25(21,22)12-4-2-3-11(17)8-12)10-5-6-13-14(7-10)24-16(23-13)15(19)20/h2-9,16,18H,1H3,(H,19,20). The van der Waals surface area contributed by atoms with Crippen molar-refractivity contribution in [2.75, 3.05) is 0 Å². The maximum atomic E-state index is 12.4. The van der Waals surface area contributed by atoms with Crippen molar-refractivity contribution < 1.29 is 27.8 Å². The first kappa shape index (κ1) is 17.5. The van der Waals surface area contributed by atoms with Crippen molar-refractivity contribution in [1.82, 2.24) is 4.72 Å². The number of hydrogen-bond donors (Lipinski definition) is 2. The number of carboxylic acids is 1. The molecule has 2 unspecified atom stereocenters. The molecule has 2 aromatic rings. The summed E-state index contributed by atoms with van der Waals surface area (Å²) in [6.07, 6.45) is -1.40. The lowest BCUT2D eigenvalue weighted by Crippen LogP contribution is -2.28. The van der Waals surface area contributed by atoms with Gasteiger partial charge in [0.25, 0.3) is 0 Å². The van der Waals surface area contributed by atoms with E-state index in [2.05, 4.69) is 4.72 Å². The van der Waals surface area contributed by atoms with E-state index < -0.39 is 28.3 Å². The number of halogens is 1. The average Bonchev–Trinajstić information content (AvgIpc) is 2.98. The lowest BCUT2D eigenvalue weighted by molar-refractivity contribution is -0.154. The summed E-state index contributed by atoms with van der Waals surface area (Å²) in [5.74, 6) is -0.702. The van der Waals surface area contributed by atoms with Gasteiger partial charge in [-0.05, 0) is 42.8 Å². The summed E-state index contributed by atoms with van der Waals surface area (Å²) < 4.78 is 37.7. The molecule has 1 aliphatic rings. The summed E-state index contributed by atoms with van der Waals surface area (Å²) in [5.41, 5.74) is 0.596. The van der Waals surface area contributed by atoms with Crippen LogP contribution in [-0.2, 0) is 14.8 Å². The Morgan fingerprint density at radius 3 is 2.60 bits per heavy atom. The van der Waals surface area contributed by atoms with E-state index in [0.717, 1.165) is 0 Å². The Hall–Kier alpha value is -2.29. The number of ether oxygens (including phenoxy) is 2. The molecule has 2 atom stereocenters. The molecular weight excluding hydrogens is 370 g/mol. The summed E-state index contributed by atoms with van der Waals surface area (Å²) in [6, 6.07) is 10.1. The van der Waals surface area contributed by atoms with Crippen LogP contribution in [0.5, 0.6) is 11.5 Å². The van der Waals surface area contributed by atoms with Crippen LogP contribution < -0.4 is 14.2 Å². The number of fused-ring (bicyclic) bond motifs is 1. The molecule has 25 heavy (non-hydrogen) atoms. The van der Waals surface area contributed by atoms with E-state index in [-0.39, 0.29) is 10.6 Å². The lowest BCUT2D eigenvalue weighted by Gasteiger charge is -2.15. The third kappa shape index (κ3) is 3.71. The van der Waals surface area contributed by atoms with E-state index in [1.807, 2.05) is 0 Å². The van der Waals surface area contributed by atoms with Crippen LogP contribution in [0.3, 0.4) is 0 Å². The van der Waals surface area contributed by atoms with E-state index >= 15 is 0 Å². The molecule has 0 spiro atoms. The van der Waals surface area contributed by atoms with Crippen LogP contribution in [0.2, 0.25) is 5.02 Å². The maximum absolute atomic E-state index is 12.4. The fourth-order valence-electron chi connectivity index (χ4n) is 2.34. The van der Waals surface area contributed by atoms with Gasteiger partial charge in [0.05, 0.1) is 4.90 Å². The molecule has 0 bridgehead atoms. The number of sulfonamides is 1. The molecule has 3 rings (SSSR count). The number of carbonyl (C=O) groups is 1. The second-order valence-corrected chi connectivity index (χ2v) is 7.56. The molecule has 7 nitrogen and oxygen atoms in total. The molecule has 2 N–H and O–H groups in total. The minimum atomic E-state index is -3.77. The molecule has 1 heterocycles. The molecule has 1 aliphatic heterocycles. The van der Waals surface area contributed by atoms with Gasteiger partial charge in [-0.15, -0.1) is 0 Å². The molecule has 9 heteroatoms. The van der Waals surface area contributed by atoms with Crippen LogP contribution in [0.4, 0.5) is 0 Å². The zero-order valence-electron chi connectivity index (χ0n) is 13.0. The summed E-state index contributed by atoms with van der Waals surface area (Å²) in [6.45, 7) is 1.66.